The zero-order chi connectivity index (χ0) is 12.4. The molecular formula is C12H12N2O3. The van der Waals surface area contributed by atoms with Crippen LogP contribution in [0.1, 0.15) is 16.1 Å². The van der Waals surface area contributed by atoms with Gasteiger partial charge in [0.05, 0.1) is 31.0 Å². The Hall–Kier alpha value is -2.17. The number of nitrogens with zero attached hydrogens (tertiary/aromatic N) is 2. The Morgan fingerprint density at radius 2 is 2.06 bits per heavy atom. The summed E-state index contributed by atoms with van der Waals surface area (Å²) in [6.07, 6.45) is 1.66. The maximum Gasteiger partial charge on any atom is 0.338 e. The molecule has 0 amide bonds. The third-order valence-electron chi connectivity index (χ3n) is 2.37. The van der Waals surface area contributed by atoms with Gasteiger partial charge in [-0.3, -0.25) is 0 Å². The Bertz CT molecular complexity index is 581. The van der Waals surface area contributed by atoms with Crippen LogP contribution in [0.25, 0.3) is 11.0 Å². The van der Waals surface area contributed by atoms with Crippen LogP contribution in [-0.4, -0.2) is 30.2 Å². The molecule has 0 aliphatic heterocycles. The van der Waals surface area contributed by atoms with E-state index >= 15 is 0 Å². The molecule has 0 fully saturated rings. The highest BCUT2D eigenvalue weighted by molar-refractivity contribution is 5.95. The third-order valence-corrected chi connectivity index (χ3v) is 2.37. The molecule has 5 heteroatoms. The molecule has 0 aliphatic rings. The molecule has 1 aromatic carbocycles. The molecule has 88 valence electrons. The molecule has 0 atom stereocenters. The number of aromatic nitrogens is 2. The maximum atomic E-state index is 11.5. The lowest BCUT2D eigenvalue weighted by molar-refractivity contribution is 0.0600. The molecule has 0 saturated heterocycles. The number of aryl methyl sites for hydroxylation is 1. The van der Waals surface area contributed by atoms with Gasteiger partial charge in [0.1, 0.15) is 11.3 Å². The van der Waals surface area contributed by atoms with Gasteiger partial charge in [-0.25, -0.2) is 14.8 Å². The van der Waals surface area contributed by atoms with E-state index in [9.17, 15) is 4.79 Å². The quantitative estimate of drug-likeness (QED) is 0.738. The van der Waals surface area contributed by atoms with Crippen molar-refractivity contribution >= 4 is 17.0 Å². The largest absolute Gasteiger partial charge is 0.494 e. The third kappa shape index (κ3) is 2.04. The minimum absolute atomic E-state index is 0.400. The van der Waals surface area contributed by atoms with Crippen LogP contribution >= 0.6 is 0 Å². The van der Waals surface area contributed by atoms with E-state index in [1.807, 2.05) is 6.92 Å². The Morgan fingerprint density at radius 1 is 1.29 bits per heavy atom. The zero-order valence-electron chi connectivity index (χ0n) is 9.85. The standard InChI is InChI=1S/C12H12N2O3/c1-7-6-13-11-9(14-7)4-8(12(15)17-3)5-10(11)16-2/h4-6H,1-3H3. The van der Waals surface area contributed by atoms with Crippen molar-refractivity contribution in [3.05, 3.63) is 29.6 Å². The van der Waals surface area contributed by atoms with Crippen LogP contribution in [0.5, 0.6) is 5.75 Å². The number of hydrogen-bond donors (Lipinski definition) is 0. The molecule has 0 spiro atoms. The van der Waals surface area contributed by atoms with Crippen molar-refractivity contribution in [3.8, 4) is 5.75 Å². The van der Waals surface area contributed by atoms with Gasteiger partial charge in [-0.2, -0.15) is 0 Å². The fourth-order valence-corrected chi connectivity index (χ4v) is 1.58. The van der Waals surface area contributed by atoms with Crippen molar-refractivity contribution in [2.24, 2.45) is 0 Å². The van der Waals surface area contributed by atoms with Crippen LogP contribution in [0.4, 0.5) is 0 Å². The lowest BCUT2D eigenvalue weighted by Crippen LogP contribution is -2.03. The number of methoxy groups -OCH3 is 2. The Labute approximate surface area is 98.4 Å². The number of esters is 1. The van der Waals surface area contributed by atoms with Crippen molar-refractivity contribution < 1.29 is 14.3 Å². The van der Waals surface area contributed by atoms with E-state index in [1.165, 1.54) is 14.2 Å². The molecule has 1 heterocycles. The molecule has 2 aromatic rings. The van der Waals surface area contributed by atoms with E-state index in [0.717, 1.165) is 5.69 Å². The smallest absolute Gasteiger partial charge is 0.338 e. The van der Waals surface area contributed by atoms with Crippen LogP contribution in [0.3, 0.4) is 0 Å². The Morgan fingerprint density at radius 3 is 2.71 bits per heavy atom. The lowest BCUT2D eigenvalue weighted by atomic mass is 10.1. The van der Waals surface area contributed by atoms with Crippen molar-refractivity contribution in [2.75, 3.05) is 14.2 Å². The number of ether oxygens (including phenoxy) is 2. The van der Waals surface area contributed by atoms with Gasteiger partial charge >= 0.3 is 5.97 Å². The summed E-state index contributed by atoms with van der Waals surface area (Å²) in [5.74, 6) is 0.0870. The topological polar surface area (TPSA) is 61.3 Å². The number of carbonyl (C=O) groups is 1. The highest BCUT2D eigenvalue weighted by atomic mass is 16.5. The molecular weight excluding hydrogens is 220 g/mol. The molecule has 0 unspecified atom stereocenters. The summed E-state index contributed by atoms with van der Waals surface area (Å²) in [5.41, 5.74) is 2.42. The average molecular weight is 232 g/mol. The van der Waals surface area contributed by atoms with E-state index in [1.54, 1.807) is 18.3 Å². The van der Waals surface area contributed by atoms with Crippen molar-refractivity contribution in [1.29, 1.82) is 0 Å². The van der Waals surface area contributed by atoms with Crippen LogP contribution in [-0.2, 0) is 4.74 Å². The first-order chi connectivity index (χ1) is 8.15. The molecule has 17 heavy (non-hydrogen) atoms. The first-order valence-electron chi connectivity index (χ1n) is 5.05. The first-order valence-corrected chi connectivity index (χ1v) is 5.05. The average Bonchev–Trinajstić information content (AvgIpc) is 2.35. The fraction of sp³-hybridized carbons (Fsp3) is 0.250. The highest BCUT2D eigenvalue weighted by Gasteiger charge is 2.12. The molecule has 0 aliphatic carbocycles. The van der Waals surface area contributed by atoms with Gasteiger partial charge in [-0.15, -0.1) is 0 Å². The highest BCUT2D eigenvalue weighted by Crippen LogP contribution is 2.24. The van der Waals surface area contributed by atoms with Crippen molar-refractivity contribution in [3.63, 3.8) is 0 Å². The zero-order valence-corrected chi connectivity index (χ0v) is 9.85. The van der Waals surface area contributed by atoms with Gasteiger partial charge < -0.3 is 9.47 Å². The fourth-order valence-electron chi connectivity index (χ4n) is 1.58. The van der Waals surface area contributed by atoms with Crippen molar-refractivity contribution in [1.82, 2.24) is 9.97 Å². The number of fused-ring (bicyclic) bond motifs is 1. The predicted octanol–water partition coefficient (Wildman–Crippen LogP) is 1.73. The summed E-state index contributed by atoms with van der Waals surface area (Å²) >= 11 is 0. The van der Waals surface area contributed by atoms with Gasteiger partial charge in [0.25, 0.3) is 0 Å². The van der Waals surface area contributed by atoms with Crippen LogP contribution in [0.15, 0.2) is 18.3 Å². The lowest BCUT2D eigenvalue weighted by Gasteiger charge is -2.07. The monoisotopic (exact) mass is 232 g/mol. The number of benzene rings is 1. The second kappa shape index (κ2) is 4.37. The minimum Gasteiger partial charge on any atom is -0.494 e. The Kier molecular flexibility index (Phi) is 2.91. The maximum absolute atomic E-state index is 11.5. The van der Waals surface area contributed by atoms with E-state index in [-0.39, 0.29) is 0 Å². The summed E-state index contributed by atoms with van der Waals surface area (Å²) in [6, 6.07) is 3.24. The first kappa shape index (κ1) is 11.3. The Balaban J connectivity index is 2.71. The summed E-state index contributed by atoms with van der Waals surface area (Å²) < 4.78 is 9.86. The normalized spacial score (nSPS) is 10.3. The van der Waals surface area contributed by atoms with Gasteiger partial charge in [0.15, 0.2) is 0 Å². The summed E-state index contributed by atoms with van der Waals surface area (Å²) in [7, 11) is 2.86. The molecule has 0 N–H and O–H groups in total. The van der Waals surface area contributed by atoms with Gasteiger partial charge in [0.2, 0.25) is 0 Å². The van der Waals surface area contributed by atoms with Gasteiger partial charge in [-0.1, -0.05) is 0 Å². The molecule has 1 aromatic heterocycles. The molecule has 0 saturated carbocycles. The molecule has 0 radical (unpaired) electrons. The summed E-state index contributed by atoms with van der Waals surface area (Å²) in [6.45, 7) is 1.84. The summed E-state index contributed by atoms with van der Waals surface area (Å²) in [5, 5.41) is 0. The van der Waals surface area contributed by atoms with Gasteiger partial charge in [-0.05, 0) is 19.1 Å². The molecule has 5 nitrogen and oxygen atoms in total. The van der Waals surface area contributed by atoms with Crippen molar-refractivity contribution in [2.45, 2.75) is 6.92 Å². The second-order valence-corrected chi connectivity index (χ2v) is 3.55. The van der Waals surface area contributed by atoms with E-state index in [2.05, 4.69) is 14.7 Å². The minimum atomic E-state index is -0.423. The van der Waals surface area contributed by atoms with Gasteiger partial charge in [0, 0.05) is 6.20 Å². The molecule has 2 rings (SSSR count). The number of rotatable bonds is 2. The van der Waals surface area contributed by atoms with E-state index in [0.29, 0.717) is 22.3 Å². The SMILES string of the molecule is COC(=O)c1cc(OC)c2ncc(C)nc2c1. The second-order valence-electron chi connectivity index (χ2n) is 3.55. The van der Waals surface area contributed by atoms with Crippen LogP contribution in [0, 0.1) is 6.92 Å². The molecule has 0 bridgehead atoms. The van der Waals surface area contributed by atoms with Crippen LogP contribution < -0.4 is 4.74 Å². The summed E-state index contributed by atoms with van der Waals surface area (Å²) in [4.78, 5) is 20.0. The van der Waals surface area contributed by atoms with E-state index in [4.69, 9.17) is 4.74 Å². The predicted molar refractivity (Wildman–Crippen MR) is 62.2 cm³/mol. The number of carbonyl (C=O) groups excluding carboxylic acids is 1. The van der Waals surface area contributed by atoms with E-state index < -0.39 is 5.97 Å². The van der Waals surface area contributed by atoms with Crippen LogP contribution in [0.2, 0.25) is 0 Å². The number of hydrogen-bond acceptors (Lipinski definition) is 5.